The van der Waals surface area contributed by atoms with Crippen LogP contribution >= 0.6 is 0 Å². The quantitative estimate of drug-likeness (QED) is 0.767. The van der Waals surface area contributed by atoms with Crippen molar-refractivity contribution in [1.82, 2.24) is 14.5 Å². The maximum atomic E-state index is 5.88. The second-order valence-corrected chi connectivity index (χ2v) is 4.23. The molecule has 0 amide bonds. The molecule has 15 heavy (non-hydrogen) atoms. The van der Waals surface area contributed by atoms with Crippen LogP contribution in [0.4, 0.5) is 5.69 Å². The third kappa shape index (κ3) is 1.14. The number of aryl methyl sites for hydroxylation is 1. The van der Waals surface area contributed by atoms with Crippen molar-refractivity contribution in [2.24, 2.45) is 7.05 Å². The van der Waals surface area contributed by atoms with Gasteiger partial charge in [0.2, 0.25) is 0 Å². The van der Waals surface area contributed by atoms with E-state index in [-0.39, 0.29) is 0 Å². The minimum Gasteiger partial charge on any atom is -0.397 e. The number of pyridine rings is 1. The molecule has 0 atom stereocenters. The highest BCUT2D eigenvalue weighted by molar-refractivity contribution is 5.84. The standard InChI is InChI=1S/C11H14N4/c1-15-10(7-3-2-4-7)14-9-8(12)5-6-13-11(9)15/h5-7H,2-4H2,1H3,(H2,12,13). The lowest BCUT2D eigenvalue weighted by molar-refractivity contribution is 0.394. The highest BCUT2D eigenvalue weighted by atomic mass is 15.1. The highest BCUT2D eigenvalue weighted by Crippen LogP contribution is 2.36. The van der Waals surface area contributed by atoms with Gasteiger partial charge in [0.25, 0.3) is 0 Å². The minimum absolute atomic E-state index is 0.614. The molecule has 1 fully saturated rings. The van der Waals surface area contributed by atoms with E-state index in [0.717, 1.165) is 22.7 Å². The van der Waals surface area contributed by atoms with E-state index in [1.54, 1.807) is 12.3 Å². The Morgan fingerprint density at radius 3 is 2.87 bits per heavy atom. The number of hydrogen-bond acceptors (Lipinski definition) is 3. The van der Waals surface area contributed by atoms with Crippen LogP contribution < -0.4 is 5.73 Å². The van der Waals surface area contributed by atoms with Crippen LogP contribution in [0, 0.1) is 0 Å². The lowest BCUT2D eigenvalue weighted by atomic mass is 9.85. The molecule has 2 aromatic rings. The van der Waals surface area contributed by atoms with Crippen LogP contribution in [-0.4, -0.2) is 14.5 Å². The number of imidazole rings is 1. The molecule has 0 spiro atoms. The topological polar surface area (TPSA) is 56.7 Å². The SMILES string of the molecule is Cn1c(C2CCC2)nc2c(N)ccnc21. The van der Waals surface area contributed by atoms with E-state index in [1.807, 2.05) is 7.05 Å². The summed E-state index contributed by atoms with van der Waals surface area (Å²) in [7, 11) is 2.02. The van der Waals surface area contributed by atoms with E-state index in [1.165, 1.54) is 19.3 Å². The van der Waals surface area contributed by atoms with Gasteiger partial charge in [-0.05, 0) is 18.9 Å². The predicted molar refractivity (Wildman–Crippen MR) is 59.5 cm³/mol. The molecule has 0 bridgehead atoms. The molecule has 1 saturated carbocycles. The summed E-state index contributed by atoms with van der Waals surface area (Å²) in [5.74, 6) is 1.75. The number of nitrogens with two attached hydrogens (primary N) is 1. The van der Waals surface area contributed by atoms with Gasteiger partial charge < -0.3 is 10.3 Å². The summed E-state index contributed by atoms with van der Waals surface area (Å²) >= 11 is 0. The molecule has 0 saturated heterocycles. The van der Waals surface area contributed by atoms with Crippen molar-refractivity contribution in [3.63, 3.8) is 0 Å². The van der Waals surface area contributed by atoms with Gasteiger partial charge in [-0.15, -0.1) is 0 Å². The molecule has 2 aromatic heterocycles. The summed E-state index contributed by atoms with van der Waals surface area (Å²) in [4.78, 5) is 8.93. The van der Waals surface area contributed by atoms with Gasteiger partial charge in [-0.1, -0.05) is 6.42 Å². The van der Waals surface area contributed by atoms with Gasteiger partial charge in [-0.2, -0.15) is 0 Å². The van der Waals surface area contributed by atoms with Crippen LogP contribution in [0.25, 0.3) is 11.2 Å². The van der Waals surface area contributed by atoms with Crippen molar-refractivity contribution in [2.45, 2.75) is 25.2 Å². The fraction of sp³-hybridized carbons (Fsp3) is 0.455. The van der Waals surface area contributed by atoms with Crippen molar-refractivity contribution >= 4 is 16.9 Å². The number of nitrogen functional groups attached to an aromatic ring is 1. The smallest absolute Gasteiger partial charge is 0.161 e. The Labute approximate surface area is 88.1 Å². The van der Waals surface area contributed by atoms with Crippen molar-refractivity contribution < 1.29 is 0 Å². The first kappa shape index (κ1) is 8.71. The third-order valence-corrected chi connectivity index (χ3v) is 3.29. The van der Waals surface area contributed by atoms with Gasteiger partial charge >= 0.3 is 0 Å². The Morgan fingerprint density at radius 2 is 2.27 bits per heavy atom. The Hall–Kier alpha value is -1.58. The van der Waals surface area contributed by atoms with Crippen molar-refractivity contribution in [2.75, 3.05) is 5.73 Å². The van der Waals surface area contributed by atoms with E-state index in [0.29, 0.717) is 5.92 Å². The Morgan fingerprint density at radius 1 is 1.47 bits per heavy atom. The summed E-state index contributed by atoms with van der Waals surface area (Å²) in [5, 5.41) is 0. The summed E-state index contributed by atoms with van der Waals surface area (Å²) in [6.45, 7) is 0. The zero-order chi connectivity index (χ0) is 10.4. The molecule has 1 aliphatic rings. The number of aromatic nitrogens is 3. The van der Waals surface area contributed by atoms with E-state index < -0.39 is 0 Å². The first-order chi connectivity index (χ1) is 7.27. The normalized spacial score (nSPS) is 16.9. The molecule has 78 valence electrons. The van der Waals surface area contributed by atoms with Crippen molar-refractivity contribution in [3.05, 3.63) is 18.1 Å². The molecule has 0 aliphatic heterocycles. The number of hydrogen-bond donors (Lipinski definition) is 1. The van der Waals surface area contributed by atoms with E-state index in [4.69, 9.17) is 5.73 Å². The maximum Gasteiger partial charge on any atom is 0.161 e. The molecule has 1 aliphatic carbocycles. The van der Waals surface area contributed by atoms with E-state index in [2.05, 4.69) is 14.5 Å². The van der Waals surface area contributed by atoms with E-state index >= 15 is 0 Å². The Balaban J connectivity index is 2.23. The molecule has 4 heteroatoms. The summed E-state index contributed by atoms with van der Waals surface area (Å²) in [6, 6.07) is 1.81. The van der Waals surface area contributed by atoms with Crippen LogP contribution in [0.3, 0.4) is 0 Å². The maximum absolute atomic E-state index is 5.88. The lowest BCUT2D eigenvalue weighted by Crippen LogP contribution is -2.13. The molecule has 0 unspecified atom stereocenters. The monoisotopic (exact) mass is 202 g/mol. The Bertz CT molecular complexity index is 511. The second-order valence-electron chi connectivity index (χ2n) is 4.23. The summed E-state index contributed by atoms with van der Waals surface area (Å²) in [6.07, 6.45) is 5.55. The van der Waals surface area contributed by atoms with Crippen LogP contribution in [0.5, 0.6) is 0 Å². The molecule has 4 nitrogen and oxygen atoms in total. The summed E-state index contributed by atoms with van der Waals surface area (Å²) in [5.41, 5.74) is 8.35. The van der Waals surface area contributed by atoms with E-state index in [9.17, 15) is 0 Å². The number of fused-ring (bicyclic) bond motifs is 1. The van der Waals surface area contributed by atoms with Crippen molar-refractivity contribution in [1.29, 1.82) is 0 Å². The fourth-order valence-corrected chi connectivity index (χ4v) is 2.15. The number of nitrogens with zero attached hydrogens (tertiary/aromatic N) is 3. The lowest BCUT2D eigenvalue weighted by Gasteiger charge is -2.24. The fourth-order valence-electron chi connectivity index (χ4n) is 2.15. The number of rotatable bonds is 1. The molecule has 2 heterocycles. The van der Waals surface area contributed by atoms with Gasteiger partial charge in [0.05, 0.1) is 5.69 Å². The molecule has 0 aromatic carbocycles. The van der Waals surface area contributed by atoms with Crippen molar-refractivity contribution in [3.8, 4) is 0 Å². The molecule has 3 rings (SSSR count). The zero-order valence-corrected chi connectivity index (χ0v) is 8.77. The largest absolute Gasteiger partial charge is 0.397 e. The minimum atomic E-state index is 0.614. The first-order valence-corrected chi connectivity index (χ1v) is 5.34. The van der Waals surface area contributed by atoms with Crippen LogP contribution in [-0.2, 0) is 7.05 Å². The molecule has 2 N–H and O–H groups in total. The third-order valence-electron chi connectivity index (χ3n) is 3.29. The zero-order valence-electron chi connectivity index (χ0n) is 8.77. The summed E-state index contributed by atoms with van der Waals surface area (Å²) < 4.78 is 2.08. The molecular formula is C11H14N4. The average molecular weight is 202 g/mol. The van der Waals surface area contributed by atoms with Gasteiger partial charge in [0.15, 0.2) is 5.65 Å². The first-order valence-electron chi connectivity index (χ1n) is 5.34. The Kier molecular flexibility index (Phi) is 1.71. The average Bonchev–Trinajstić information content (AvgIpc) is 2.45. The molecular weight excluding hydrogens is 188 g/mol. The number of anilines is 1. The van der Waals surface area contributed by atoms with Crippen LogP contribution in [0.15, 0.2) is 12.3 Å². The van der Waals surface area contributed by atoms with Gasteiger partial charge in [-0.25, -0.2) is 9.97 Å². The second kappa shape index (κ2) is 2.95. The van der Waals surface area contributed by atoms with Gasteiger partial charge in [0.1, 0.15) is 11.3 Å². The predicted octanol–water partition coefficient (Wildman–Crippen LogP) is 1.82. The van der Waals surface area contributed by atoms with Gasteiger partial charge in [-0.3, -0.25) is 0 Å². The van der Waals surface area contributed by atoms with Crippen LogP contribution in [0.2, 0.25) is 0 Å². The van der Waals surface area contributed by atoms with Gasteiger partial charge in [0, 0.05) is 19.2 Å². The highest BCUT2D eigenvalue weighted by Gasteiger charge is 2.25. The molecule has 0 radical (unpaired) electrons. The van der Waals surface area contributed by atoms with Crippen LogP contribution in [0.1, 0.15) is 31.0 Å².